The van der Waals surface area contributed by atoms with Gasteiger partial charge in [0.15, 0.2) is 5.13 Å². The molecule has 1 N–H and O–H groups in total. The monoisotopic (exact) mass is 358 g/mol. The van der Waals surface area contributed by atoms with Crippen LogP contribution in [0.3, 0.4) is 0 Å². The number of rotatable bonds is 4. The SMILES string of the molecule is Cc1nc(NC(=O)Cc2c(C)nn(-c3ccc(F)cc3)c2C)sc1C. The molecule has 0 saturated carbocycles. The Kier molecular flexibility index (Phi) is 4.67. The molecule has 7 heteroatoms. The van der Waals surface area contributed by atoms with Gasteiger partial charge in [0.2, 0.25) is 5.91 Å². The molecular formula is C18H19FN4OS. The Labute approximate surface area is 149 Å². The molecule has 3 rings (SSSR count). The summed E-state index contributed by atoms with van der Waals surface area (Å²) in [7, 11) is 0. The minimum absolute atomic E-state index is 0.126. The van der Waals surface area contributed by atoms with Crippen LogP contribution in [0.15, 0.2) is 24.3 Å². The van der Waals surface area contributed by atoms with Crippen molar-refractivity contribution in [3.05, 3.63) is 57.6 Å². The number of anilines is 1. The van der Waals surface area contributed by atoms with Crippen molar-refractivity contribution in [2.75, 3.05) is 5.32 Å². The van der Waals surface area contributed by atoms with Gasteiger partial charge in [-0.05, 0) is 52.0 Å². The number of hydrogen-bond donors (Lipinski definition) is 1. The zero-order valence-corrected chi connectivity index (χ0v) is 15.4. The number of carbonyl (C=O) groups excluding carboxylic acids is 1. The van der Waals surface area contributed by atoms with Crippen molar-refractivity contribution >= 4 is 22.4 Å². The van der Waals surface area contributed by atoms with E-state index < -0.39 is 0 Å². The van der Waals surface area contributed by atoms with Crippen molar-refractivity contribution < 1.29 is 9.18 Å². The van der Waals surface area contributed by atoms with Gasteiger partial charge < -0.3 is 5.32 Å². The van der Waals surface area contributed by atoms with Crippen LogP contribution in [0.25, 0.3) is 5.69 Å². The molecule has 0 aliphatic carbocycles. The Bertz CT molecular complexity index is 908. The molecule has 0 spiro atoms. The lowest BCUT2D eigenvalue weighted by Gasteiger charge is -2.06. The molecule has 0 fully saturated rings. The third-order valence-electron chi connectivity index (χ3n) is 4.12. The number of aromatic nitrogens is 3. The zero-order chi connectivity index (χ0) is 18.1. The molecule has 0 aliphatic rings. The van der Waals surface area contributed by atoms with E-state index >= 15 is 0 Å². The van der Waals surface area contributed by atoms with Gasteiger partial charge in [-0.3, -0.25) is 4.79 Å². The first kappa shape index (κ1) is 17.3. The molecule has 0 saturated heterocycles. The predicted octanol–water partition coefficient (Wildman–Crippen LogP) is 3.88. The predicted molar refractivity (Wildman–Crippen MR) is 96.9 cm³/mol. The highest BCUT2D eigenvalue weighted by Gasteiger charge is 2.17. The number of hydrogen-bond acceptors (Lipinski definition) is 4. The Morgan fingerprint density at radius 1 is 1.16 bits per heavy atom. The maximum Gasteiger partial charge on any atom is 0.230 e. The second-order valence-electron chi connectivity index (χ2n) is 5.92. The quantitative estimate of drug-likeness (QED) is 0.770. The summed E-state index contributed by atoms with van der Waals surface area (Å²) in [4.78, 5) is 17.8. The van der Waals surface area contributed by atoms with Gasteiger partial charge in [0.25, 0.3) is 0 Å². The molecule has 0 atom stereocenters. The van der Waals surface area contributed by atoms with E-state index in [4.69, 9.17) is 0 Å². The van der Waals surface area contributed by atoms with Crippen molar-refractivity contribution in [3.63, 3.8) is 0 Å². The fraction of sp³-hybridized carbons (Fsp3) is 0.278. The first-order chi connectivity index (χ1) is 11.8. The third-order valence-corrected chi connectivity index (χ3v) is 5.11. The molecular weight excluding hydrogens is 339 g/mol. The average Bonchev–Trinajstić information content (AvgIpc) is 3.01. The van der Waals surface area contributed by atoms with Gasteiger partial charge in [-0.1, -0.05) is 0 Å². The molecule has 5 nitrogen and oxygen atoms in total. The highest BCUT2D eigenvalue weighted by molar-refractivity contribution is 7.15. The number of benzene rings is 1. The molecule has 25 heavy (non-hydrogen) atoms. The van der Waals surface area contributed by atoms with Crippen LogP contribution in [0.5, 0.6) is 0 Å². The number of thiazole rings is 1. The molecule has 0 aliphatic heterocycles. The summed E-state index contributed by atoms with van der Waals surface area (Å²) >= 11 is 1.47. The normalized spacial score (nSPS) is 10.9. The summed E-state index contributed by atoms with van der Waals surface area (Å²) in [5.74, 6) is -0.419. The molecule has 2 heterocycles. The van der Waals surface area contributed by atoms with Crippen molar-refractivity contribution in [2.24, 2.45) is 0 Å². The van der Waals surface area contributed by atoms with Crippen molar-refractivity contribution in [3.8, 4) is 5.69 Å². The van der Waals surface area contributed by atoms with E-state index in [0.29, 0.717) is 5.13 Å². The molecule has 130 valence electrons. The van der Waals surface area contributed by atoms with Crippen molar-refractivity contribution in [1.29, 1.82) is 0 Å². The van der Waals surface area contributed by atoms with Crippen LogP contribution in [0.2, 0.25) is 0 Å². The molecule has 0 unspecified atom stereocenters. The molecule has 0 radical (unpaired) electrons. The fourth-order valence-corrected chi connectivity index (χ4v) is 3.45. The van der Waals surface area contributed by atoms with Gasteiger partial charge in [0.1, 0.15) is 5.82 Å². The molecule has 3 aromatic rings. The number of amides is 1. The van der Waals surface area contributed by atoms with Crippen molar-refractivity contribution in [2.45, 2.75) is 34.1 Å². The van der Waals surface area contributed by atoms with Gasteiger partial charge in [-0.25, -0.2) is 14.1 Å². The van der Waals surface area contributed by atoms with Crippen LogP contribution in [-0.2, 0) is 11.2 Å². The summed E-state index contributed by atoms with van der Waals surface area (Å²) in [5, 5.41) is 7.95. The lowest BCUT2D eigenvalue weighted by atomic mass is 10.1. The van der Waals surface area contributed by atoms with Crippen LogP contribution < -0.4 is 5.32 Å². The molecule has 0 bridgehead atoms. The largest absolute Gasteiger partial charge is 0.302 e. The first-order valence-corrected chi connectivity index (χ1v) is 8.71. The standard InChI is InChI=1S/C18H19FN4OS/c1-10-13(4)25-18(20-10)21-17(24)9-16-11(2)22-23(12(16)3)15-7-5-14(19)6-8-15/h5-8H,9H2,1-4H3,(H,20,21,24). The zero-order valence-electron chi connectivity index (χ0n) is 14.6. The first-order valence-electron chi connectivity index (χ1n) is 7.90. The van der Waals surface area contributed by atoms with Gasteiger partial charge in [-0.2, -0.15) is 5.10 Å². The Balaban J connectivity index is 1.80. The summed E-state index contributed by atoms with van der Waals surface area (Å²) < 4.78 is 14.8. The van der Waals surface area contributed by atoms with E-state index in [2.05, 4.69) is 15.4 Å². The van der Waals surface area contributed by atoms with Crippen LogP contribution in [0, 0.1) is 33.5 Å². The van der Waals surface area contributed by atoms with Gasteiger partial charge in [0.05, 0.1) is 23.5 Å². The van der Waals surface area contributed by atoms with Gasteiger partial charge >= 0.3 is 0 Å². The van der Waals surface area contributed by atoms with Crippen LogP contribution in [0.4, 0.5) is 9.52 Å². The number of nitrogens with zero attached hydrogens (tertiary/aromatic N) is 3. The lowest BCUT2D eigenvalue weighted by Crippen LogP contribution is -2.15. The minimum atomic E-state index is -0.293. The third kappa shape index (κ3) is 3.61. The highest BCUT2D eigenvalue weighted by Crippen LogP contribution is 2.22. The maximum absolute atomic E-state index is 13.1. The molecule has 2 aromatic heterocycles. The highest BCUT2D eigenvalue weighted by atomic mass is 32.1. The number of carbonyl (C=O) groups is 1. The minimum Gasteiger partial charge on any atom is -0.302 e. The van der Waals surface area contributed by atoms with Gasteiger partial charge in [-0.15, -0.1) is 11.3 Å². The fourth-order valence-electron chi connectivity index (χ4n) is 2.61. The summed E-state index contributed by atoms with van der Waals surface area (Å²) in [5.41, 5.74) is 4.21. The Morgan fingerprint density at radius 2 is 1.84 bits per heavy atom. The van der Waals surface area contributed by atoms with E-state index in [1.165, 1.54) is 23.5 Å². The smallest absolute Gasteiger partial charge is 0.230 e. The number of halogens is 1. The van der Waals surface area contributed by atoms with Crippen LogP contribution in [-0.4, -0.2) is 20.7 Å². The summed E-state index contributed by atoms with van der Waals surface area (Å²) in [6.45, 7) is 7.67. The maximum atomic E-state index is 13.1. The topological polar surface area (TPSA) is 59.8 Å². The summed E-state index contributed by atoms with van der Waals surface area (Å²) in [6.07, 6.45) is 0.219. The van der Waals surface area contributed by atoms with E-state index in [1.54, 1.807) is 16.8 Å². The van der Waals surface area contributed by atoms with Crippen LogP contribution in [0.1, 0.15) is 27.5 Å². The Hall–Kier alpha value is -2.54. The number of aryl methyl sites for hydroxylation is 3. The second kappa shape index (κ2) is 6.76. The molecule has 1 aromatic carbocycles. The summed E-state index contributed by atoms with van der Waals surface area (Å²) in [6, 6.07) is 6.12. The van der Waals surface area contributed by atoms with Crippen molar-refractivity contribution in [1.82, 2.24) is 14.8 Å². The molecule has 1 amide bonds. The average molecular weight is 358 g/mol. The van der Waals surface area contributed by atoms with Crippen LogP contribution >= 0.6 is 11.3 Å². The number of nitrogens with one attached hydrogen (secondary N) is 1. The van der Waals surface area contributed by atoms with E-state index in [-0.39, 0.29) is 18.1 Å². The van der Waals surface area contributed by atoms with Gasteiger partial charge in [0, 0.05) is 16.1 Å². The lowest BCUT2D eigenvalue weighted by molar-refractivity contribution is -0.115. The van der Waals surface area contributed by atoms with E-state index in [0.717, 1.165) is 33.2 Å². The Morgan fingerprint density at radius 3 is 2.44 bits per heavy atom. The van der Waals surface area contributed by atoms with E-state index in [1.807, 2.05) is 27.7 Å². The van der Waals surface area contributed by atoms with E-state index in [9.17, 15) is 9.18 Å². The second-order valence-corrected chi connectivity index (χ2v) is 7.13.